The normalized spacial score (nSPS) is 10.1. The molecule has 3 rings (SSSR count). The summed E-state index contributed by atoms with van der Waals surface area (Å²) < 4.78 is 1.97. The van der Waals surface area contributed by atoms with Gasteiger partial charge in [-0.2, -0.15) is 0 Å². The number of carboxylic acids is 1. The molecule has 0 spiro atoms. The molecule has 0 atom stereocenters. The van der Waals surface area contributed by atoms with Crippen molar-refractivity contribution in [3.63, 3.8) is 0 Å². The maximum Gasteiger partial charge on any atom is 0.335 e. The van der Waals surface area contributed by atoms with Gasteiger partial charge in [0.05, 0.1) is 16.1 Å². The first-order valence-corrected chi connectivity index (χ1v) is 8.55. The third-order valence-corrected chi connectivity index (χ3v) is 4.76. The molecule has 1 heterocycles. The summed E-state index contributed by atoms with van der Waals surface area (Å²) in [4.78, 5) is 11.5. The molecule has 2 N–H and O–H groups in total. The SMILES string of the molecule is O=C(O)c1ccc(-n2c(O)c(C=C=Cc3ccccc3)sc2=S)cc1. The predicted molar refractivity (Wildman–Crippen MR) is 102 cm³/mol. The predicted octanol–water partition coefficient (Wildman–Crippen LogP) is 5.00. The number of hydrogen-bond acceptors (Lipinski definition) is 4. The molecule has 0 unspecified atom stereocenters. The van der Waals surface area contributed by atoms with Crippen LogP contribution in [0.15, 0.2) is 60.3 Å². The van der Waals surface area contributed by atoms with Crippen LogP contribution in [-0.4, -0.2) is 20.7 Å². The van der Waals surface area contributed by atoms with Gasteiger partial charge in [-0.15, -0.1) is 17.1 Å². The summed E-state index contributed by atoms with van der Waals surface area (Å²) >= 11 is 6.57. The highest BCUT2D eigenvalue weighted by Gasteiger charge is 2.12. The number of nitrogens with zero attached hydrogens (tertiary/aromatic N) is 1. The van der Waals surface area contributed by atoms with E-state index < -0.39 is 5.97 Å². The minimum absolute atomic E-state index is 0.00652. The van der Waals surface area contributed by atoms with Crippen LogP contribution in [0, 0.1) is 3.95 Å². The fraction of sp³-hybridized carbons (Fsp3) is 0. The van der Waals surface area contributed by atoms with Crippen molar-refractivity contribution in [3.05, 3.63) is 80.3 Å². The van der Waals surface area contributed by atoms with Gasteiger partial charge in [0.25, 0.3) is 0 Å². The Bertz CT molecular complexity index is 1020. The first-order chi connectivity index (χ1) is 12.1. The Morgan fingerprint density at radius 1 is 1.08 bits per heavy atom. The lowest BCUT2D eigenvalue weighted by atomic mass is 10.2. The fourth-order valence-electron chi connectivity index (χ4n) is 2.22. The number of rotatable bonds is 4. The van der Waals surface area contributed by atoms with Gasteiger partial charge in [-0.05, 0) is 48.1 Å². The lowest BCUT2D eigenvalue weighted by Gasteiger charge is -2.04. The number of hydrogen-bond donors (Lipinski definition) is 2. The molecule has 0 amide bonds. The highest BCUT2D eigenvalue weighted by atomic mass is 32.1. The lowest BCUT2D eigenvalue weighted by Crippen LogP contribution is -1.98. The molecule has 6 heteroatoms. The van der Waals surface area contributed by atoms with E-state index in [-0.39, 0.29) is 11.4 Å². The summed E-state index contributed by atoms with van der Waals surface area (Å²) in [7, 11) is 0. The molecule has 0 saturated carbocycles. The summed E-state index contributed by atoms with van der Waals surface area (Å²) in [6.45, 7) is 0. The average Bonchev–Trinajstić information content (AvgIpc) is 2.90. The van der Waals surface area contributed by atoms with Crippen molar-refractivity contribution in [1.29, 1.82) is 0 Å². The Balaban J connectivity index is 1.95. The van der Waals surface area contributed by atoms with Crippen LogP contribution in [0.2, 0.25) is 0 Å². The van der Waals surface area contributed by atoms with Gasteiger partial charge in [-0.25, -0.2) is 4.79 Å². The van der Waals surface area contributed by atoms with Crippen molar-refractivity contribution in [2.24, 2.45) is 0 Å². The highest BCUT2D eigenvalue weighted by molar-refractivity contribution is 7.73. The fourth-order valence-corrected chi connectivity index (χ4v) is 3.46. The topological polar surface area (TPSA) is 62.5 Å². The minimum Gasteiger partial charge on any atom is -0.493 e. The van der Waals surface area contributed by atoms with E-state index in [1.54, 1.807) is 18.2 Å². The molecule has 4 nitrogen and oxygen atoms in total. The summed E-state index contributed by atoms with van der Waals surface area (Å²) in [5, 5.41) is 19.4. The highest BCUT2D eigenvalue weighted by Crippen LogP contribution is 2.30. The van der Waals surface area contributed by atoms with Crippen molar-refractivity contribution in [1.82, 2.24) is 4.57 Å². The molecule has 0 aliphatic rings. The maximum absolute atomic E-state index is 10.9. The first kappa shape index (κ1) is 16.9. The molecule has 0 bridgehead atoms. The average molecular weight is 367 g/mol. The number of benzene rings is 2. The van der Waals surface area contributed by atoms with Crippen molar-refractivity contribution in [2.45, 2.75) is 0 Å². The largest absolute Gasteiger partial charge is 0.493 e. The number of aromatic carboxylic acids is 1. The minimum atomic E-state index is -1.00. The second kappa shape index (κ2) is 7.32. The van der Waals surface area contributed by atoms with Gasteiger partial charge in [-0.3, -0.25) is 4.57 Å². The standard InChI is InChI=1S/C19H13NO3S2/c21-17-16(8-4-7-13-5-2-1-3-6-13)25-19(24)20(17)15-11-9-14(10-12-15)18(22)23/h1-3,5-12,21H,(H,22,23). The summed E-state index contributed by atoms with van der Waals surface area (Å²) in [5.74, 6) is -0.994. The summed E-state index contributed by atoms with van der Waals surface area (Å²) in [6.07, 6.45) is 3.49. The molecule has 124 valence electrons. The van der Waals surface area contributed by atoms with Crippen LogP contribution < -0.4 is 0 Å². The van der Waals surface area contributed by atoms with Crippen molar-refractivity contribution in [2.75, 3.05) is 0 Å². The van der Waals surface area contributed by atoms with Gasteiger partial charge in [0, 0.05) is 6.08 Å². The molecular formula is C19H13NO3S2. The third kappa shape index (κ3) is 3.78. The van der Waals surface area contributed by atoms with Gasteiger partial charge in [-0.1, -0.05) is 30.3 Å². The van der Waals surface area contributed by atoms with Crippen molar-refractivity contribution >= 4 is 41.7 Å². The lowest BCUT2D eigenvalue weighted by molar-refractivity contribution is 0.0697. The van der Waals surface area contributed by atoms with E-state index >= 15 is 0 Å². The molecule has 25 heavy (non-hydrogen) atoms. The quantitative estimate of drug-likeness (QED) is 0.503. The Morgan fingerprint density at radius 3 is 2.40 bits per heavy atom. The van der Waals surface area contributed by atoms with Crippen molar-refractivity contribution < 1.29 is 15.0 Å². The number of aromatic hydroxyl groups is 1. The van der Waals surface area contributed by atoms with Gasteiger partial charge < -0.3 is 10.2 Å². The molecule has 3 aromatic rings. The van der Waals surface area contributed by atoms with Crippen LogP contribution in [-0.2, 0) is 0 Å². The number of carbonyl (C=O) groups is 1. The van der Waals surface area contributed by atoms with Crippen LogP contribution in [0.25, 0.3) is 17.8 Å². The van der Waals surface area contributed by atoms with Crippen molar-refractivity contribution in [3.8, 4) is 11.6 Å². The summed E-state index contributed by atoms with van der Waals surface area (Å²) in [6, 6.07) is 15.9. The zero-order valence-electron chi connectivity index (χ0n) is 12.9. The second-order valence-electron chi connectivity index (χ2n) is 5.11. The van der Waals surface area contributed by atoms with Crippen LogP contribution in [0.5, 0.6) is 5.88 Å². The Labute approximate surface area is 153 Å². The molecule has 0 saturated heterocycles. The Hall–Kier alpha value is -2.92. The number of thiazole rings is 1. The zero-order valence-corrected chi connectivity index (χ0v) is 14.6. The van der Waals surface area contributed by atoms with Gasteiger partial charge >= 0.3 is 5.97 Å². The summed E-state index contributed by atoms with van der Waals surface area (Å²) in [5.41, 5.74) is 4.83. The van der Waals surface area contributed by atoms with E-state index in [0.29, 0.717) is 14.5 Å². The molecule has 0 fully saturated rings. The number of aromatic nitrogens is 1. The zero-order chi connectivity index (χ0) is 17.8. The third-order valence-electron chi connectivity index (χ3n) is 3.45. The molecule has 2 aromatic carbocycles. The van der Waals surface area contributed by atoms with E-state index in [1.807, 2.05) is 36.4 Å². The van der Waals surface area contributed by atoms with E-state index in [4.69, 9.17) is 17.3 Å². The van der Waals surface area contributed by atoms with E-state index in [0.717, 1.165) is 5.56 Å². The first-order valence-electron chi connectivity index (χ1n) is 7.32. The van der Waals surface area contributed by atoms with Crippen LogP contribution in [0.1, 0.15) is 20.8 Å². The van der Waals surface area contributed by atoms with E-state index in [1.165, 1.54) is 28.0 Å². The van der Waals surface area contributed by atoms with Gasteiger partial charge in [0.1, 0.15) is 0 Å². The molecule has 0 radical (unpaired) electrons. The van der Waals surface area contributed by atoms with Crippen LogP contribution in [0.4, 0.5) is 0 Å². The van der Waals surface area contributed by atoms with E-state index in [9.17, 15) is 9.90 Å². The Morgan fingerprint density at radius 2 is 1.76 bits per heavy atom. The van der Waals surface area contributed by atoms with Gasteiger partial charge in [0.15, 0.2) is 3.95 Å². The monoisotopic (exact) mass is 367 g/mol. The molecule has 1 aromatic heterocycles. The van der Waals surface area contributed by atoms with Gasteiger partial charge in [0.2, 0.25) is 5.88 Å². The van der Waals surface area contributed by atoms with Crippen LogP contribution >= 0.6 is 23.6 Å². The van der Waals surface area contributed by atoms with Crippen LogP contribution in [0.3, 0.4) is 0 Å². The Kier molecular flexibility index (Phi) is 4.95. The number of carboxylic acid groups (broad SMARTS) is 1. The molecule has 0 aliphatic heterocycles. The maximum atomic E-state index is 10.9. The molecule has 0 aliphatic carbocycles. The van der Waals surface area contributed by atoms with E-state index in [2.05, 4.69) is 5.73 Å². The smallest absolute Gasteiger partial charge is 0.335 e. The second-order valence-corrected chi connectivity index (χ2v) is 6.79. The molecular weight excluding hydrogens is 354 g/mol.